The molecular formula is C44H38ClN5NaO9P. The fourth-order valence-corrected chi connectivity index (χ4v) is 8.31. The molecule has 14 nitrogen and oxygen atoms in total. The van der Waals surface area contributed by atoms with E-state index in [2.05, 4.69) is 19.9 Å². The van der Waals surface area contributed by atoms with Crippen LogP contribution in [0.4, 0.5) is 5.82 Å². The van der Waals surface area contributed by atoms with E-state index in [0.29, 0.717) is 22.1 Å². The molecule has 8 rings (SSSR count). The number of rotatable bonds is 15. The fraction of sp³-hybridized carbons (Fsp3) is 0.182. The van der Waals surface area contributed by atoms with Crippen molar-refractivity contribution >= 4 is 42.3 Å². The monoisotopic (exact) mass is 869 g/mol. The van der Waals surface area contributed by atoms with E-state index in [4.69, 9.17) is 39.6 Å². The molecule has 2 aromatic heterocycles. The van der Waals surface area contributed by atoms with Crippen LogP contribution in [-0.4, -0.2) is 70.0 Å². The third kappa shape index (κ3) is 9.53. The quantitative estimate of drug-likeness (QED) is 0.0506. The van der Waals surface area contributed by atoms with E-state index in [1.54, 1.807) is 49.1 Å². The number of imidazole rings is 1. The molecule has 0 bridgehead atoms. The van der Waals surface area contributed by atoms with Crippen molar-refractivity contribution in [1.29, 1.82) is 0 Å². The van der Waals surface area contributed by atoms with Gasteiger partial charge in [-0.15, -0.1) is 0 Å². The van der Waals surface area contributed by atoms with E-state index >= 15 is 0 Å². The number of benzene rings is 5. The van der Waals surface area contributed by atoms with Crippen molar-refractivity contribution in [2.24, 2.45) is 4.99 Å². The molecule has 5 aromatic carbocycles. The number of halogens is 1. The molecule has 7 aromatic rings. The molecule has 1 unspecified atom stereocenters. The molecule has 1 fully saturated rings. The van der Waals surface area contributed by atoms with E-state index in [1.165, 1.54) is 36.9 Å². The number of aromatic nitrogens is 4. The van der Waals surface area contributed by atoms with Crippen LogP contribution in [-0.2, 0) is 24.2 Å². The van der Waals surface area contributed by atoms with Gasteiger partial charge in [-0.1, -0.05) is 96.5 Å². The number of phosphoric ester groups is 1. The van der Waals surface area contributed by atoms with Gasteiger partial charge in [0.1, 0.15) is 41.4 Å². The molecule has 0 amide bonds. The SMILES string of the molecule is COc1ccc(C(OC[C@H]2OC[C@@H](n3cnc4c(N=C([O-])c5ccccc5)ncnc43)[C@@H]2OP(=O)(O)Oc2ccc(Cl)cc2)(c2ccccc2)c2ccc(OC)cc2)cc1.[Na+]. The predicted octanol–water partition coefficient (Wildman–Crippen LogP) is 4.45. The van der Waals surface area contributed by atoms with Gasteiger partial charge in [0.15, 0.2) is 17.0 Å². The van der Waals surface area contributed by atoms with Crippen molar-refractivity contribution in [2.75, 3.05) is 27.4 Å². The van der Waals surface area contributed by atoms with Crippen LogP contribution in [0.5, 0.6) is 17.2 Å². The molecule has 3 heterocycles. The largest absolute Gasteiger partial charge is 1.00 e. The van der Waals surface area contributed by atoms with Crippen molar-refractivity contribution in [1.82, 2.24) is 19.5 Å². The number of phosphoric acid groups is 1. The molecule has 306 valence electrons. The first kappa shape index (κ1) is 44.0. The van der Waals surface area contributed by atoms with E-state index < -0.39 is 37.6 Å². The molecule has 61 heavy (non-hydrogen) atoms. The van der Waals surface area contributed by atoms with Gasteiger partial charge in [0.25, 0.3) is 0 Å². The second-order valence-corrected chi connectivity index (χ2v) is 15.4. The third-order valence-electron chi connectivity index (χ3n) is 10.1. The van der Waals surface area contributed by atoms with Crippen LogP contribution in [0, 0.1) is 0 Å². The van der Waals surface area contributed by atoms with Crippen LogP contribution < -0.4 is 48.7 Å². The summed E-state index contributed by atoms with van der Waals surface area (Å²) in [5.74, 6) is 0.910. The Morgan fingerprint density at radius 3 is 2.02 bits per heavy atom. The Labute approximate surface area is 378 Å². The second-order valence-electron chi connectivity index (χ2n) is 13.6. The van der Waals surface area contributed by atoms with Crippen molar-refractivity contribution in [2.45, 2.75) is 23.9 Å². The van der Waals surface area contributed by atoms with E-state index in [9.17, 15) is 14.6 Å². The maximum absolute atomic E-state index is 13.9. The van der Waals surface area contributed by atoms with E-state index in [1.807, 2.05) is 78.9 Å². The number of fused-ring (bicyclic) bond motifs is 1. The molecule has 0 aliphatic carbocycles. The van der Waals surface area contributed by atoms with Crippen LogP contribution in [0.2, 0.25) is 5.02 Å². The molecule has 4 atom stereocenters. The maximum Gasteiger partial charge on any atom is 1.00 e. The van der Waals surface area contributed by atoms with Gasteiger partial charge in [-0.2, -0.15) is 0 Å². The number of nitrogens with zero attached hydrogens (tertiary/aromatic N) is 5. The van der Waals surface area contributed by atoms with Gasteiger partial charge in [0.2, 0.25) is 0 Å². The van der Waals surface area contributed by atoms with Gasteiger partial charge >= 0.3 is 37.4 Å². The Hall–Kier alpha value is -5.12. The number of aliphatic imine (C=N–C) groups is 1. The standard InChI is InChI=1S/C44H39ClN5O9P.Na/c1-54-34-19-13-31(14-20-34)44(30-11-7-4-8-12-30,32-15-21-35(55-2)22-16-32)57-26-38-40(59-60(52,53)58-36-23-17-33(45)18-24-36)37(25-56-38)50-28-48-39-41(46-27-47-42(39)50)49-43(51)29-9-5-3-6-10-29;/h3-24,27-28,37-38,40H,25-26H2,1-2H3,(H,52,53)(H,46,47,49,51);/q;+1/p-1/t37-,38-,40+;/m1./s1. The van der Waals surface area contributed by atoms with Crippen molar-refractivity contribution < 1.29 is 72.1 Å². The van der Waals surface area contributed by atoms with Crippen molar-refractivity contribution in [3.63, 3.8) is 0 Å². The van der Waals surface area contributed by atoms with E-state index in [-0.39, 0.29) is 65.5 Å². The Balaban J connectivity index is 0.00000561. The van der Waals surface area contributed by atoms with Crippen LogP contribution >= 0.6 is 19.4 Å². The summed E-state index contributed by atoms with van der Waals surface area (Å²) in [5.41, 5.74) is 1.98. The van der Waals surface area contributed by atoms with Gasteiger partial charge in [-0.3, -0.25) is 9.42 Å². The number of ether oxygens (including phenoxy) is 4. The van der Waals surface area contributed by atoms with Crippen LogP contribution in [0.3, 0.4) is 0 Å². The molecule has 0 radical (unpaired) electrons. The van der Waals surface area contributed by atoms with Crippen LogP contribution in [0.15, 0.2) is 151 Å². The first-order valence-corrected chi connectivity index (χ1v) is 20.6. The minimum atomic E-state index is -4.87. The summed E-state index contributed by atoms with van der Waals surface area (Å²) < 4.78 is 51.7. The molecule has 1 aliphatic heterocycles. The van der Waals surface area contributed by atoms with Crippen molar-refractivity contribution in [3.8, 4) is 17.2 Å². The predicted molar refractivity (Wildman–Crippen MR) is 222 cm³/mol. The first-order chi connectivity index (χ1) is 29.2. The van der Waals surface area contributed by atoms with Crippen LogP contribution in [0.25, 0.3) is 11.2 Å². The Morgan fingerprint density at radius 2 is 1.41 bits per heavy atom. The minimum Gasteiger partial charge on any atom is -0.858 e. The van der Waals surface area contributed by atoms with Gasteiger partial charge in [-0.05, 0) is 76.7 Å². The summed E-state index contributed by atoms with van der Waals surface area (Å²) in [6.07, 6.45) is 0.589. The summed E-state index contributed by atoms with van der Waals surface area (Å²) in [4.78, 5) is 28.8. The maximum atomic E-state index is 13.9. The second kappa shape index (κ2) is 19.3. The average molecular weight is 870 g/mol. The van der Waals surface area contributed by atoms with Gasteiger partial charge in [-0.25, -0.2) is 24.5 Å². The molecule has 1 aliphatic rings. The topological polar surface area (TPSA) is 172 Å². The summed E-state index contributed by atoms with van der Waals surface area (Å²) >= 11 is 6.06. The Morgan fingerprint density at radius 1 is 0.836 bits per heavy atom. The minimum absolute atomic E-state index is 0. The fourth-order valence-electron chi connectivity index (χ4n) is 7.17. The van der Waals surface area contributed by atoms with Crippen molar-refractivity contribution in [3.05, 3.63) is 173 Å². The number of hydrogen-bond donors (Lipinski definition) is 1. The third-order valence-corrected chi connectivity index (χ3v) is 11.3. The Bertz CT molecular complexity index is 2580. The number of methoxy groups -OCH3 is 2. The van der Waals surface area contributed by atoms with Crippen LogP contribution in [0.1, 0.15) is 28.3 Å². The zero-order valence-corrected chi connectivity index (χ0v) is 36.9. The molecule has 1 saturated heterocycles. The van der Waals surface area contributed by atoms with Gasteiger partial charge < -0.3 is 33.1 Å². The average Bonchev–Trinajstić information content (AvgIpc) is 3.89. The molecular weight excluding hydrogens is 832 g/mol. The molecule has 0 spiro atoms. The summed E-state index contributed by atoms with van der Waals surface area (Å²) in [6, 6.07) is 38.5. The molecule has 17 heteroatoms. The summed E-state index contributed by atoms with van der Waals surface area (Å²) in [6.45, 7) is -0.170. The smallest absolute Gasteiger partial charge is 0.858 e. The first-order valence-electron chi connectivity index (χ1n) is 18.7. The Kier molecular flexibility index (Phi) is 13.9. The summed E-state index contributed by atoms with van der Waals surface area (Å²) in [7, 11) is -1.68. The van der Waals surface area contributed by atoms with Gasteiger partial charge in [0, 0.05) is 5.02 Å². The zero-order chi connectivity index (χ0) is 41.7. The normalized spacial score (nSPS) is 17.6. The number of hydrogen-bond acceptors (Lipinski definition) is 12. The van der Waals surface area contributed by atoms with E-state index in [0.717, 1.165) is 16.7 Å². The zero-order valence-electron chi connectivity index (χ0n) is 33.3. The molecule has 1 N–H and O–H groups in total. The summed E-state index contributed by atoms with van der Waals surface area (Å²) in [5, 5.41) is 13.5. The van der Waals surface area contributed by atoms with Gasteiger partial charge in [0.05, 0.1) is 39.8 Å². The molecule has 0 saturated carbocycles.